The third kappa shape index (κ3) is 3.48. The van der Waals surface area contributed by atoms with Crippen molar-refractivity contribution in [1.29, 1.82) is 0 Å². The molecule has 2 aromatic heterocycles. The minimum Gasteiger partial charge on any atom is -0.492 e. The Morgan fingerprint density at radius 3 is 3.00 bits per heavy atom. The van der Waals surface area contributed by atoms with Gasteiger partial charge in [-0.1, -0.05) is 11.6 Å². The highest BCUT2D eigenvalue weighted by atomic mass is 35.5. The molecule has 4 aromatic rings. The van der Waals surface area contributed by atoms with E-state index in [2.05, 4.69) is 10.2 Å². The van der Waals surface area contributed by atoms with Gasteiger partial charge in [-0.15, -0.1) is 11.3 Å². The van der Waals surface area contributed by atoms with E-state index in [0.717, 1.165) is 29.5 Å². The average molecular weight is 498 g/mol. The molecule has 0 saturated carbocycles. The highest BCUT2D eigenvalue weighted by Gasteiger charge is 2.34. The average Bonchev–Trinajstić information content (AvgIpc) is 3.49. The minimum atomic E-state index is -0.443. The Balaban J connectivity index is 1.37. The molecule has 34 heavy (non-hydrogen) atoms. The van der Waals surface area contributed by atoms with Crippen molar-refractivity contribution in [2.24, 2.45) is 0 Å². The molecule has 0 radical (unpaired) electrons. The van der Waals surface area contributed by atoms with Crippen LogP contribution in [0.3, 0.4) is 0 Å². The Morgan fingerprint density at radius 2 is 2.15 bits per heavy atom. The Morgan fingerprint density at radius 1 is 1.26 bits per heavy atom. The van der Waals surface area contributed by atoms with E-state index in [0.29, 0.717) is 44.2 Å². The van der Waals surface area contributed by atoms with E-state index in [1.165, 1.54) is 11.3 Å². The summed E-state index contributed by atoms with van der Waals surface area (Å²) < 4.78 is 22.5. The van der Waals surface area contributed by atoms with Crippen molar-refractivity contribution in [2.45, 2.75) is 12.6 Å². The minimum absolute atomic E-state index is 0.178. The molecule has 1 N–H and O–H groups in total. The van der Waals surface area contributed by atoms with Crippen LogP contribution in [0.1, 0.15) is 17.3 Å². The van der Waals surface area contributed by atoms with E-state index in [4.69, 9.17) is 35.2 Å². The molecular weight excluding hydrogens is 478 g/mol. The van der Waals surface area contributed by atoms with Gasteiger partial charge in [-0.25, -0.2) is 9.78 Å². The lowest BCUT2D eigenvalue weighted by atomic mass is 9.95. The van der Waals surface area contributed by atoms with Gasteiger partial charge in [0.25, 0.3) is 0 Å². The topological polar surface area (TPSA) is 86.1 Å². The van der Waals surface area contributed by atoms with Crippen LogP contribution in [-0.4, -0.2) is 37.4 Å². The number of anilines is 1. The molecule has 6 rings (SSSR count). The Bertz CT molecular complexity index is 1480. The molecule has 174 valence electrons. The number of nitrogens with zero attached hydrogens (tertiary/aromatic N) is 2. The first-order valence-electron chi connectivity index (χ1n) is 10.7. The number of hydrogen-bond donors (Lipinski definition) is 1. The quantitative estimate of drug-likeness (QED) is 0.398. The van der Waals surface area contributed by atoms with E-state index >= 15 is 0 Å². The molecule has 2 aliphatic rings. The van der Waals surface area contributed by atoms with E-state index < -0.39 is 5.63 Å². The summed E-state index contributed by atoms with van der Waals surface area (Å²) in [4.78, 5) is 19.5. The Kier molecular flexibility index (Phi) is 5.13. The number of nitrogens with one attached hydrogen (secondary N) is 1. The van der Waals surface area contributed by atoms with Crippen LogP contribution in [0, 0.1) is 0 Å². The largest absolute Gasteiger partial charge is 0.492 e. The Labute approximate surface area is 203 Å². The second kappa shape index (κ2) is 8.19. The second-order valence-corrected chi connectivity index (χ2v) is 9.46. The number of hydrogen-bond acceptors (Lipinski definition) is 9. The fourth-order valence-corrected chi connectivity index (χ4v) is 5.38. The monoisotopic (exact) mass is 497 g/mol. The summed E-state index contributed by atoms with van der Waals surface area (Å²) in [6.07, 6.45) is 0.667. The third-order valence-corrected chi connectivity index (χ3v) is 7.14. The lowest BCUT2D eigenvalue weighted by molar-refractivity contribution is 0.170. The van der Waals surface area contributed by atoms with Gasteiger partial charge in [0, 0.05) is 27.9 Å². The molecule has 0 saturated heterocycles. The first-order valence-corrected chi connectivity index (χ1v) is 11.9. The Hall–Kier alpha value is -3.27. The molecule has 4 heterocycles. The fourth-order valence-electron chi connectivity index (χ4n) is 4.47. The van der Waals surface area contributed by atoms with Crippen LogP contribution in [0.25, 0.3) is 22.2 Å². The van der Waals surface area contributed by atoms with Crippen LogP contribution in [0.5, 0.6) is 17.2 Å². The van der Waals surface area contributed by atoms with Crippen LogP contribution in [-0.2, 0) is 6.42 Å². The van der Waals surface area contributed by atoms with Gasteiger partial charge in [0.2, 0.25) is 12.5 Å². The predicted octanol–water partition coefficient (Wildman–Crippen LogP) is 4.91. The molecule has 8 nitrogen and oxygen atoms in total. The summed E-state index contributed by atoms with van der Waals surface area (Å²) in [7, 11) is 3.68. The zero-order valence-corrected chi connectivity index (χ0v) is 20.0. The maximum atomic E-state index is 12.6. The molecule has 0 bridgehead atoms. The van der Waals surface area contributed by atoms with Crippen molar-refractivity contribution >= 4 is 39.0 Å². The number of aromatic nitrogens is 1. The van der Waals surface area contributed by atoms with Gasteiger partial charge in [0.05, 0.1) is 18.4 Å². The van der Waals surface area contributed by atoms with Gasteiger partial charge in [-0.3, -0.25) is 4.90 Å². The van der Waals surface area contributed by atoms with E-state index in [9.17, 15) is 4.79 Å². The summed E-state index contributed by atoms with van der Waals surface area (Å²) in [5.41, 5.74) is 3.11. The molecule has 10 heteroatoms. The number of ether oxygens (including phenoxy) is 3. The highest BCUT2D eigenvalue weighted by Crippen LogP contribution is 2.49. The van der Waals surface area contributed by atoms with Crippen LogP contribution < -0.4 is 25.2 Å². The molecule has 1 unspecified atom stereocenters. The SMILES string of the molecule is COc1c2c(cc3c1C(Nc1nc(-c4cc5cc(Cl)ccc5oc4=O)cs1)N(C)CC3)OCO2. The summed E-state index contributed by atoms with van der Waals surface area (Å²) in [6, 6.07) is 8.93. The summed E-state index contributed by atoms with van der Waals surface area (Å²) in [6.45, 7) is 1.03. The van der Waals surface area contributed by atoms with Crippen LogP contribution in [0.15, 0.2) is 44.9 Å². The number of halogens is 1. The van der Waals surface area contributed by atoms with E-state index in [1.807, 2.05) is 18.5 Å². The van der Waals surface area contributed by atoms with Gasteiger partial charge in [0.15, 0.2) is 16.6 Å². The van der Waals surface area contributed by atoms with Crippen molar-refractivity contribution in [3.8, 4) is 28.5 Å². The van der Waals surface area contributed by atoms with Crippen molar-refractivity contribution in [1.82, 2.24) is 9.88 Å². The summed E-state index contributed by atoms with van der Waals surface area (Å²) >= 11 is 7.53. The van der Waals surface area contributed by atoms with Crippen molar-refractivity contribution in [3.63, 3.8) is 0 Å². The number of methoxy groups -OCH3 is 1. The predicted molar refractivity (Wildman–Crippen MR) is 130 cm³/mol. The lowest BCUT2D eigenvalue weighted by Gasteiger charge is -2.36. The number of fused-ring (bicyclic) bond motifs is 3. The molecule has 1 atom stereocenters. The number of likely N-dealkylation sites (N-methyl/N-ethyl adjacent to an activating group) is 1. The third-order valence-electron chi connectivity index (χ3n) is 6.13. The number of rotatable bonds is 4. The smallest absolute Gasteiger partial charge is 0.345 e. The van der Waals surface area contributed by atoms with Gasteiger partial charge < -0.3 is 23.9 Å². The van der Waals surface area contributed by atoms with Crippen LogP contribution >= 0.6 is 22.9 Å². The lowest BCUT2D eigenvalue weighted by Crippen LogP contribution is -2.37. The van der Waals surface area contributed by atoms with Crippen molar-refractivity contribution in [3.05, 3.63) is 62.3 Å². The van der Waals surface area contributed by atoms with E-state index in [1.54, 1.807) is 31.4 Å². The molecule has 0 fully saturated rings. The van der Waals surface area contributed by atoms with Crippen molar-refractivity contribution < 1.29 is 18.6 Å². The van der Waals surface area contributed by atoms with Gasteiger partial charge in [-0.2, -0.15) is 0 Å². The standard InChI is InChI=1S/C24H20ClN3O5S/c1-28-6-5-12-9-18-20(32-11-31-18)21(30-2)19(12)22(28)27-24-26-16(10-34-24)15-8-13-7-14(25)3-4-17(13)33-23(15)29/h3-4,7-10,22H,5-6,11H2,1-2H3,(H,26,27). The molecular formula is C24H20ClN3O5S. The van der Waals surface area contributed by atoms with Gasteiger partial charge >= 0.3 is 5.63 Å². The summed E-state index contributed by atoms with van der Waals surface area (Å²) in [5, 5.41) is 7.34. The van der Waals surface area contributed by atoms with Gasteiger partial charge in [-0.05, 0) is 49.4 Å². The normalized spacial score (nSPS) is 17.1. The second-order valence-electron chi connectivity index (χ2n) is 8.16. The van der Waals surface area contributed by atoms with Crippen LogP contribution in [0.4, 0.5) is 5.13 Å². The zero-order chi connectivity index (χ0) is 23.4. The number of thiazole rings is 1. The van der Waals surface area contributed by atoms with E-state index in [-0.39, 0.29) is 13.0 Å². The first-order chi connectivity index (χ1) is 16.5. The highest BCUT2D eigenvalue weighted by molar-refractivity contribution is 7.14. The van der Waals surface area contributed by atoms with Gasteiger partial charge in [0.1, 0.15) is 11.7 Å². The molecule has 0 aliphatic carbocycles. The molecule has 0 spiro atoms. The van der Waals surface area contributed by atoms with Crippen molar-refractivity contribution in [2.75, 3.05) is 32.8 Å². The molecule has 2 aromatic carbocycles. The molecule has 2 aliphatic heterocycles. The first kappa shape index (κ1) is 21.3. The van der Waals surface area contributed by atoms with Crippen LogP contribution in [0.2, 0.25) is 5.02 Å². The summed E-state index contributed by atoms with van der Waals surface area (Å²) in [5.74, 6) is 1.99. The molecule has 0 amide bonds. The maximum absolute atomic E-state index is 12.6. The maximum Gasteiger partial charge on any atom is 0.345 e. The fraction of sp³-hybridized carbons (Fsp3) is 0.250. The number of benzene rings is 2. The zero-order valence-electron chi connectivity index (χ0n) is 18.4.